The van der Waals surface area contributed by atoms with Gasteiger partial charge in [-0.05, 0) is 23.6 Å². The van der Waals surface area contributed by atoms with Crippen LogP contribution in [0.4, 0.5) is 11.6 Å². The summed E-state index contributed by atoms with van der Waals surface area (Å²) in [4.78, 5) is 19.5. The lowest BCUT2D eigenvalue weighted by Crippen LogP contribution is -2.44. The van der Waals surface area contributed by atoms with Gasteiger partial charge in [-0.1, -0.05) is 42.5 Å². The molecule has 0 saturated carbocycles. The van der Waals surface area contributed by atoms with Crippen LogP contribution in [-0.2, 0) is 0 Å². The van der Waals surface area contributed by atoms with Crippen molar-refractivity contribution < 1.29 is 4.79 Å². The van der Waals surface area contributed by atoms with E-state index in [0.717, 1.165) is 42.8 Å². The van der Waals surface area contributed by atoms with E-state index in [-0.39, 0.29) is 5.91 Å². The second-order valence-electron chi connectivity index (χ2n) is 6.11. The van der Waals surface area contributed by atoms with Crippen molar-refractivity contribution in [1.82, 2.24) is 10.3 Å². The van der Waals surface area contributed by atoms with Crippen molar-refractivity contribution >= 4 is 28.3 Å². The molecule has 1 aromatic heterocycles. The van der Waals surface area contributed by atoms with Crippen molar-refractivity contribution in [2.75, 3.05) is 36.4 Å². The minimum atomic E-state index is -0.144. The minimum Gasteiger partial charge on any atom is -0.353 e. The molecule has 0 aliphatic carbocycles. The van der Waals surface area contributed by atoms with E-state index in [2.05, 4.69) is 27.7 Å². The summed E-state index contributed by atoms with van der Waals surface area (Å²) in [5, 5.41) is 8.49. The number of aromatic nitrogens is 1. The molecule has 1 aliphatic heterocycles. The number of carbonyl (C=O) groups is 1. The maximum atomic E-state index is 12.5. The minimum absolute atomic E-state index is 0.144. The highest BCUT2D eigenvalue weighted by atomic mass is 16.1. The molecule has 2 heterocycles. The summed E-state index contributed by atoms with van der Waals surface area (Å²) in [5.41, 5.74) is 0.626. The number of fused-ring (bicyclic) bond motifs is 1. The zero-order valence-electron chi connectivity index (χ0n) is 13.9. The van der Waals surface area contributed by atoms with Gasteiger partial charge in [0, 0.05) is 37.1 Å². The molecule has 5 heteroatoms. The lowest BCUT2D eigenvalue weighted by molar-refractivity contribution is 0.102. The summed E-state index contributed by atoms with van der Waals surface area (Å²) >= 11 is 0. The monoisotopic (exact) mass is 332 g/mol. The molecule has 0 radical (unpaired) electrons. The second kappa shape index (κ2) is 6.91. The van der Waals surface area contributed by atoms with Crippen molar-refractivity contribution in [3.8, 4) is 0 Å². The first-order chi connectivity index (χ1) is 12.3. The largest absolute Gasteiger partial charge is 0.353 e. The van der Waals surface area contributed by atoms with Crippen LogP contribution in [0.2, 0.25) is 0 Å². The van der Waals surface area contributed by atoms with E-state index in [1.165, 1.54) is 0 Å². The van der Waals surface area contributed by atoms with Gasteiger partial charge in [-0.15, -0.1) is 0 Å². The van der Waals surface area contributed by atoms with Gasteiger partial charge >= 0.3 is 0 Å². The van der Waals surface area contributed by atoms with E-state index >= 15 is 0 Å². The quantitative estimate of drug-likeness (QED) is 0.774. The number of nitrogens with one attached hydrogen (secondary N) is 2. The lowest BCUT2D eigenvalue weighted by Gasteiger charge is -2.29. The molecule has 2 aromatic carbocycles. The smallest absolute Gasteiger partial charge is 0.256 e. The Morgan fingerprint density at radius 2 is 1.72 bits per heavy atom. The Bertz CT molecular complexity index is 889. The number of nitrogens with zero attached hydrogens (tertiary/aromatic N) is 2. The number of piperazine rings is 1. The molecule has 126 valence electrons. The Morgan fingerprint density at radius 3 is 2.52 bits per heavy atom. The third-order valence-corrected chi connectivity index (χ3v) is 4.41. The highest BCUT2D eigenvalue weighted by Gasteiger charge is 2.16. The molecular weight excluding hydrogens is 312 g/mol. The van der Waals surface area contributed by atoms with Crippen LogP contribution in [0, 0.1) is 0 Å². The number of hydrogen-bond acceptors (Lipinski definition) is 4. The van der Waals surface area contributed by atoms with Gasteiger partial charge in [-0.3, -0.25) is 4.79 Å². The number of amides is 1. The molecule has 2 N–H and O–H groups in total. The molecule has 4 rings (SSSR count). The Labute approximate surface area is 146 Å². The molecule has 3 aromatic rings. The summed E-state index contributed by atoms with van der Waals surface area (Å²) in [6.45, 7) is 3.70. The van der Waals surface area contributed by atoms with Crippen molar-refractivity contribution in [3.05, 3.63) is 66.2 Å². The van der Waals surface area contributed by atoms with E-state index in [1.54, 1.807) is 12.1 Å². The van der Waals surface area contributed by atoms with E-state index < -0.39 is 0 Å². The number of carbonyl (C=O) groups excluding carboxylic acids is 1. The van der Waals surface area contributed by atoms with Gasteiger partial charge in [0.25, 0.3) is 5.91 Å². The number of benzene rings is 2. The van der Waals surface area contributed by atoms with E-state index in [1.807, 2.05) is 36.4 Å². The Kier molecular flexibility index (Phi) is 4.31. The predicted molar refractivity (Wildman–Crippen MR) is 101 cm³/mol. The van der Waals surface area contributed by atoms with Crippen LogP contribution in [-0.4, -0.2) is 37.1 Å². The van der Waals surface area contributed by atoms with Crippen molar-refractivity contribution in [1.29, 1.82) is 0 Å². The molecule has 0 atom stereocenters. The number of pyridine rings is 1. The van der Waals surface area contributed by atoms with Gasteiger partial charge in [-0.25, -0.2) is 4.98 Å². The average molecular weight is 332 g/mol. The maximum absolute atomic E-state index is 12.5. The fraction of sp³-hybridized carbons (Fsp3) is 0.200. The topological polar surface area (TPSA) is 57.3 Å². The zero-order valence-corrected chi connectivity index (χ0v) is 13.9. The second-order valence-corrected chi connectivity index (χ2v) is 6.11. The van der Waals surface area contributed by atoms with E-state index in [0.29, 0.717) is 11.4 Å². The average Bonchev–Trinajstić information content (AvgIpc) is 2.68. The summed E-state index contributed by atoms with van der Waals surface area (Å²) in [7, 11) is 0. The molecule has 25 heavy (non-hydrogen) atoms. The van der Waals surface area contributed by atoms with Gasteiger partial charge in [0.05, 0.1) is 0 Å². The molecule has 1 aliphatic rings. The molecule has 1 amide bonds. The Morgan fingerprint density at radius 1 is 1.00 bits per heavy atom. The summed E-state index contributed by atoms with van der Waals surface area (Å²) in [5.74, 6) is 1.37. The number of rotatable bonds is 3. The summed E-state index contributed by atoms with van der Waals surface area (Å²) in [6.07, 6.45) is 0. The summed E-state index contributed by atoms with van der Waals surface area (Å²) < 4.78 is 0. The Balaban J connectivity index is 1.70. The van der Waals surface area contributed by atoms with Crippen LogP contribution in [0.5, 0.6) is 0 Å². The van der Waals surface area contributed by atoms with Crippen molar-refractivity contribution in [2.45, 2.75) is 0 Å². The first kappa shape index (κ1) is 15.6. The highest BCUT2D eigenvalue weighted by Crippen LogP contribution is 2.28. The van der Waals surface area contributed by atoms with Crippen LogP contribution in [0.25, 0.3) is 10.8 Å². The van der Waals surface area contributed by atoms with Crippen molar-refractivity contribution in [3.63, 3.8) is 0 Å². The van der Waals surface area contributed by atoms with Crippen LogP contribution in [0.15, 0.2) is 60.7 Å². The standard InChI is InChI=1S/C20H20N4O/c25-20(15-6-2-1-3-7-15)23-18-14-16-8-4-5-9-17(16)19(22-18)24-12-10-21-11-13-24/h1-9,14,21H,10-13H2,(H,22,23,25). The van der Waals surface area contributed by atoms with Gasteiger partial charge in [0.15, 0.2) is 0 Å². The molecule has 0 spiro atoms. The van der Waals surface area contributed by atoms with Gasteiger partial charge < -0.3 is 15.5 Å². The number of anilines is 2. The normalized spacial score (nSPS) is 14.5. The van der Waals surface area contributed by atoms with Crippen LogP contribution < -0.4 is 15.5 Å². The first-order valence-corrected chi connectivity index (χ1v) is 8.53. The molecule has 1 fully saturated rings. The van der Waals surface area contributed by atoms with Crippen LogP contribution in [0.3, 0.4) is 0 Å². The van der Waals surface area contributed by atoms with Gasteiger partial charge in [0.2, 0.25) is 0 Å². The molecule has 5 nitrogen and oxygen atoms in total. The molecule has 0 unspecified atom stereocenters. The fourth-order valence-electron chi connectivity index (χ4n) is 3.14. The van der Waals surface area contributed by atoms with Crippen molar-refractivity contribution in [2.24, 2.45) is 0 Å². The third kappa shape index (κ3) is 3.32. The highest BCUT2D eigenvalue weighted by molar-refractivity contribution is 6.05. The SMILES string of the molecule is O=C(Nc1cc2ccccc2c(N2CCNCC2)n1)c1ccccc1. The van der Waals surface area contributed by atoms with Crippen LogP contribution in [0.1, 0.15) is 10.4 Å². The molecule has 1 saturated heterocycles. The zero-order chi connectivity index (χ0) is 17.1. The van der Waals surface area contributed by atoms with Gasteiger partial charge in [-0.2, -0.15) is 0 Å². The van der Waals surface area contributed by atoms with Gasteiger partial charge in [0.1, 0.15) is 11.6 Å². The molecular formula is C20H20N4O. The number of hydrogen-bond donors (Lipinski definition) is 2. The molecule has 0 bridgehead atoms. The maximum Gasteiger partial charge on any atom is 0.256 e. The predicted octanol–water partition coefficient (Wildman–Crippen LogP) is 2.90. The fourth-order valence-corrected chi connectivity index (χ4v) is 3.14. The Hall–Kier alpha value is -2.92. The lowest BCUT2D eigenvalue weighted by atomic mass is 10.1. The summed E-state index contributed by atoms with van der Waals surface area (Å²) in [6, 6.07) is 19.3. The van der Waals surface area contributed by atoms with E-state index in [4.69, 9.17) is 4.98 Å². The van der Waals surface area contributed by atoms with E-state index in [9.17, 15) is 4.79 Å². The third-order valence-electron chi connectivity index (χ3n) is 4.41. The first-order valence-electron chi connectivity index (χ1n) is 8.53. The van der Waals surface area contributed by atoms with Crippen LogP contribution >= 0.6 is 0 Å².